The minimum Gasteiger partial charge on any atom is -0.465 e. The third kappa shape index (κ3) is 3.26. The highest BCUT2D eigenvalue weighted by Crippen LogP contribution is 2.36. The van der Waals surface area contributed by atoms with Gasteiger partial charge in [0.15, 0.2) is 5.75 Å². The maximum absolute atomic E-state index is 12.0. The molecule has 0 aliphatic rings. The topological polar surface area (TPSA) is 61.5 Å². The van der Waals surface area contributed by atoms with Crippen molar-refractivity contribution in [2.75, 3.05) is 12.8 Å². The van der Waals surface area contributed by atoms with Crippen molar-refractivity contribution in [2.24, 2.45) is 0 Å². The second kappa shape index (κ2) is 4.82. The van der Waals surface area contributed by atoms with Crippen molar-refractivity contribution in [1.82, 2.24) is 0 Å². The Morgan fingerprint density at radius 1 is 1.41 bits per heavy atom. The first-order chi connectivity index (χ1) is 7.76. The SMILES string of the molecule is COC(=O)c1ccc(OC(F)(F)F)c(N)c1Br. The minimum atomic E-state index is -4.85. The number of rotatable bonds is 2. The molecule has 0 aliphatic heterocycles. The Labute approximate surface area is 103 Å². The Kier molecular flexibility index (Phi) is 3.87. The zero-order valence-electron chi connectivity index (χ0n) is 8.47. The van der Waals surface area contributed by atoms with E-state index in [0.717, 1.165) is 19.2 Å². The molecular weight excluding hydrogens is 307 g/mol. The monoisotopic (exact) mass is 313 g/mol. The van der Waals surface area contributed by atoms with Gasteiger partial charge in [-0.15, -0.1) is 13.2 Å². The van der Waals surface area contributed by atoms with E-state index < -0.39 is 18.1 Å². The number of carbonyl (C=O) groups is 1. The molecule has 94 valence electrons. The van der Waals surface area contributed by atoms with Gasteiger partial charge in [0.1, 0.15) is 0 Å². The third-order valence-electron chi connectivity index (χ3n) is 1.77. The first-order valence-corrected chi connectivity index (χ1v) is 4.97. The van der Waals surface area contributed by atoms with Crippen molar-refractivity contribution in [3.8, 4) is 5.75 Å². The van der Waals surface area contributed by atoms with Crippen LogP contribution in [0.2, 0.25) is 0 Å². The highest BCUT2D eigenvalue weighted by Gasteiger charge is 2.32. The van der Waals surface area contributed by atoms with Crippen LogP contribution in [0.5, 0.6) is 5.75 Å². The van der Waals surface area contributed by atoms with Gasteiger partial charge in [0.05, 0.1) is 22.8 Å². The summed E-state index contributed by atoms with van der Waals surface area (Å²) < 4.78 is 44.1. The van der Waals surface area contributed by atoms with Crippen molar-refractivity contribution < 1.29 is 27.4 Å². The predicted octanol–water partition coefficient (Wildman–Crippen LogP) is 2.72. The number of hydrogen-bond donors (Lipinski definition) is 1. The first-order valence-electron chi connectivity index (χ1n) is 4.18. The van der Waals surface area contributed by atoms with Crippen LogP contribution in [0.25, 0.3) is 0 Å². The molecular formula is C9H7BrF3NO3. The largest absolute Gasteiger partial charge is 0.573 e. The minimum absolute atomic E-state index is 0.00824. The molecule has 0 aromatic heterocycles. The van der Waals surface area contributed by atoms with Gasteiger partial charge in [-0.1, -0.05) is 0 Å². The van der Waals surface area contributed by atoms with Crippen LogP contribution in [0.3, 0.4) is 0 Å². The highest BCUT2D eigenvalue weighted by atomic mass is 79.9. The van der Waals surface area contributed by atoms with Crippen LogP contribution in [0.1, 0.15) is 10.4 Å². The Bertz CT molecular complexity index is 448. The average Bonchev–Trinajstić information content (AvgIpc) is 2.22. The van der Waals surface area contributed by atoms with Crippen LogP contribution in [-0.4, -0.2) is 19.4 Å². The summed E-state index contributed by atoms with van der Waals surface area (Å²) >= 11 is 2.91. The van der Waals surface area contributed by atoms with Gasteiger partial charge in [-0.25, -0.2) is 4.79 Å². The molecule has 4 nitrogen and oxygen atoms in total. The Hall–Kier alpha value is -1.44. The Balaban J connectivity index is 3.15. The quantitative estimate of drug-likeness (QED) is 0.673. The van der Waals surface area contributed by atoms with Crippen LogP contribution >= 0.6 is 15.9 Å². The molecule has 0 fully saturated rings. The van der Waals surface area contributed by atoms with E-state index in [1.807, 2.05) is 0 Å². The summed E-state index contributed by atoms with van der Waals surface area (Å²) in [6.45, 7) is 0. The second-order valence-corrected chi connectivity index (χ2v) is 3.67. The number of anilines is 1. The van der Waals surface area contributed by atoms with Gasteiger partial charge in [0, 0.05) is 0 Å². The van der Waals surface area contributed by atoms with E-state index in [4.69, 9.17) is 5.73 Å². The molecule has 0 bridgehead atoms. The van der Waals surface area contributed by atoms with Crippen LogP contribution < -0.4 is 10.5 Å². The number of nitrogens with two attached hydrogens (primary N) is 1. The fourth-order valence-corrected chi connectivity index (χ4v) is 1.55. The Morgan fingerprint density at radius 3 is 2.47 bits per heavy atom. The molecule has 0 spiro atoms. The van der Waals surface area contributed by atoms with Crippen molar-refractivity contribution in [3.63, 3.8) is 0 Å². The van der Waals surface area contributed by atoms with Crippen molar-refractivity contribution in [2.45, 2.75) is 6.36 Å². The summed E-state index contributed by atoms with van der Waals surface area (Å²) in [5.74, 6) is -1.31. The van der Waals surface area contributed by atoms with Gasteiger partial charge < -0.3 is 15.2 Å². The van der Waals surface area contributed by atoms with E-state index in [-0.39, 0.29) is 15.7 Å². The van der Waals surface area contributed by atoms with Crippen molar-refractivity contribution in [1.29, 1.82) is 0 Å². The molecule has 17 heavy (non-hydrogen) atoms. The number of methoxy groups -OCH3 is 1. The predicted molar refractivity (Wildman–Crippen MR) is 56.6 cm³/mol. The maximum atomic E-state index is 12.0. The molecule has 1 aromatic carbocycles. The standard InChI is InChI=1S/C9H7BrF3NO3/c1-16-8(15)4-2-3-5(7(14)6(4)10)17-9(11,12)13/h2-3H,14H2,1H3. The van der Waals surface area contributed by atoms with E-state index >= 15 is 0 Å². The van der Waals surface area contributed by atoms with Crippen LogP contribution in [-0.2, 0) is 4.74 Å². The lowest BCUT2D eigenvalue weighted by Crippen LogP contribution is -2.18. The molecule has 0 atom stereocenters. The first kappa shape index (κ1) is 13.6. The summed E-state index contributed by atoms with van der Waals surface area (Å²) in [5.41, 5.74) is 5.09. The zero-order valence-corrected chi connectivity index (χ0v) is 10.1. The number of esters is 1. The average molecular weight is 314 g/mol. The van der Waals surface area contributed by atoms with Crippen molar-refractivity contribution in [3.05, 3.63) is 22.2 Å². The summed E-state index contributed by atoms with van der Waals surface area (Å²) in [4.78, 5) is 11.2. The van der Waals surface area contributed by atoms with E-state index in [0.29, 0.717) is 0 Å². The van der Waals surface area contributed by atoms with Gasteiger partial charge in [-0.05, 0) is 28.1 Å². The molecule has 0 amide bonds. The molecule has 0 heterocycles. The summed E-state index contributed by atoms with van der Waals surface area (Å²) in [6.07, 6.45) is -4.85. The van der Waals surface area contributed by atoms with Gasteiger partial charge in [0.2, 0.25) is 0 Å². The maximum Gasteiger partial charge on any atom is 0.573 e. The fraction of sp³-hybridized carbons (Fsp3) is 0.222. The highest BCUT2D eigenvalue weighted by molar-refractivity contribution is 9.10. The van der Waals surface area contributed by atoms with Crippen LogP contribution in [0, 0.1) is 0 Å². The van der Waals surface area contributed by atoms with Gasteiger partial charge in [-0.2, -0.15) is 0 Å². The van der Waals surface area contributed by atoms with Crippen LogP contribution in [0.15, 0.2) is 16.6 Å². The number of benzene rings is 1. The molecule has 1 aromatic rings. The molecule has 0 saturated carbocycles. The van der Waals surface area contributed by atoms with E-state index in [9.17, 15) is 18.0 Å². The summed E-state index contributed by atoms with van der Waals surface area (Å²) in [7, 11) is 1.14. The zero-order chi connectivity index (χ0) is 13.2. The Morgan fingerprint density at radius 2 is 2.00 bits per heavy atom. The van der Waals surface area contributed by atoms with E-state index in [1.165, 1.54) is 0 Å². The molecule has 0 aliphatic carbocycles. The number of halogens is 4. The van der Waals surface area contributed by atoms with Crippen LogP contribution in [0.4, 0.5) is 18.9 Å². The van der Waals surface area contributed by atoms with Gasteiger partial charge >= 0.3 is 12.3 Å². The summed E-state index contributed by atoms with van der Waals surface area (Å²) in [5, 5.41) is 0. The lowest BCUT2D eigenvalue weighted by atomic mass is 10.2. The second-order valence-electron chi connectivity index (χ2n) is 2.88. The number of nitrogen functional groups attached to an aromatic ring is 1. The van der Waals surface area contributed by atoms with Crippen molar-refractivity contribution >= 4 is 27.6 Å². The number of hydrogen-bond acceptors (Lipinski definition) is 4. The fourth-order valence-electron chi connectivity index (χ4n) is 1.06. The lowest BCUT2D eigenvalue weighted by Gasteiger charge is -2.13. The van der Waals surface area contributed by atoms with Gasteiger partial charge in [-0.3, -0.25) is 0 Å². The molecule has 0 saturated heterocycles. The molecule has 1 rings (SSSR count). The summed E-state index contributed by atoms with van der Waals surface area (Å²) in [6, 6.07) is 2.06. The van der Waals surface area contributed by atoms with E-state index in [1.54, 1.807) is 0 Å². The van der Waals surface area contributed by atoms with E-state index in [2.05, 4.69) is 25.4 Å². The number of alkyl halides is 3. The smallest absolute Gasteiger partial charge is 0.465 e. The number of ether oxygens (including phenoxy) is 2. The molecule has 0 unspecified atom stereocenters. The van der Waals surface area contributed by atoms with Gasteiger partial charge in [0.25, 0.3) is 0 Å². The molecule has 2 N–H and O–H groups in total. The third-order valence-corrected chi connectivity index (χ3v) is 2.63. The number of carbonyl (C=O) groups excluding carboxylic acids is 1. The lowest BCUT2D eigenvalue weighted by molar-refractivity contribution is -0.274. The molecule has 0 radical (unpaired) electrons. The normalized spacial score (nSPS) is 11.1. The molecule has 8 heteroatoms.